The number of hydrogen-bond donors (Lipinski definition) is 2. The molecule has 0 saturated heterocycles. The van der Waals surface area contributed by atoms with Gasteiger partial charge in [0.25, 0.3) is 5.91 Å². The first-order valence-corrected chi connectivity index (χ1v) is 8.70. The van der Waals surface area contributed by atoms with E-state index in [0.29, 0.717) is 29.4 Å². The summed E-state index contributed by atoms with van der Waals surface area (Å²) >= 11 is 0. The first kappa shape index (κ1) is 19.0. The molecule has 142 valence electrons. The summed E-state index contributed by atoms with van der Waals surface area (Å²) < 4.78 is 11.2. The maximum Gasteiger partial charge on any atom is 0.273 e. The van der Waals surface area contributed by atoms with E-state index in [4.69, 9.17) is 15.2 Å². The van der Waals surface area contributed by atoms with Crippen molar-refractivity contribution in [3.8, 4) is 11.5 Å². The van der Waals surface area contributed by atoms with E-state index < -0.39 is 0 Å². The lowest BCUT2D eigenvalue weighted by Gasteiger charge is -2.11. The van der Waals surface area contributed by atoms with Crippen molar-refractivity contribution in [2.45, 2.75) is 6.61 Å². The van der Waals surface area contributed by atoms with Gasteiger partial charge in [-0.25, -0.2) is 5.43 Å². The van der Waals surface area contributed by atoms with Crippen LogP contribution in [0, 0.1) is 0 Å². The van der Waals surface area contributed by atoms with Crippen LogP contribution in [0.1, 0.15) is 21.5 Å². The molecule has 0 radical (unpaired) electrons. The summed E-state index contributed by atoms with van der Waals surface area (Å²) in [7, 11) is 1.57. The van der Waals surface area contributed by atoms with Gasteiger partial charge in [0.05, 0.1) is 18.9 Å². The van der Waals surface area contributed by atoms with Crippen molar-refractivity contribution in [3.05, 3.63) is 89.5 Å². The van der Waals surface area contributed by atoms with E-state index in [9.17, 15) is 4.79 Å². The molecule has 0 fully saturated rings. The molecule has 0 aliphatic carbocycles. The van der Waals surface area contributed by atoms with Gasteiger partial charge in [-0.1, -0.05) is 42.5 Å². The Hall–Kier alpha value is -3.80. The molecule has 0 aromatic heterocycles. The lowest BCUT2D eigenvalue weighted by molar-refractivity contribution is 0.0956. The number of nitrogens with one attached hydrogen (secondary N) is 1. The molecule has 0 spiro atoms. The van der Waals surface area contributed by atoms with Crippen molar-refractivity contribution >= 4 is 17.8 Å². The molecule has 0 aliphatic rings. The SMILES string of the molecule is COc1cc(/C=N/NC(=O)c2ccccc2N)ccc1OCc1ccccc1. The lowest BCUT2D eigenvalue weighted by atomic mass is 10.2. The third-order valence-corrected chi connectivity index (χ3v) is 4.01. The molecule has 0 heterocycles. The first-order chi connectivity index (χ1) is 13.7. The van der Waals surface area contributed by atoms with Crippen LogP contribution in [0.25, 0.3) is 0 Å². The Morgan fingerprint density at radius 2 is 1.79 bits per heavy atom. The van der Waals surface area contributed by atoms with Gasteiger partial charge in [-0.2, -0.15) is 5.10 Å². The fourth-order valence-corrected chi connectivity index (χ4v) is 2.55. The summed E-state index contributed by atoms with van der Waals surface area (Å²) in [4.78, 5) is 12.1. The van der Waals surface area contributed by atoms with E-state index in [2.05, 4.69) is 10.5 Å². The molecule has 3 aromatic carbocycles. The van der Waals surface area contributed by atoms with Gasteiger partial charge in [0.1, 0.15) is 6.61 Å². The minimum atomic E-state index is -0.371. The zero-order chi connectivity index (χ0) is 19.8. The van der Waals surface area contributed by atoms with Gasteiger partial charge >= 0.3 is 0 Å². The van der Waals surface area contributed by atoms with Crippen molar-refractivity contribution in [2.75, 3.05) is 12.8 Å². The molecule has 0 aliphatic heterocycles. The minimum Gasteiger partial charge on any atom is -0.493 e. The highest BCUT2D eigenvalue weighted by Gasteiger charge is 2.08. The number of para-hydroxylation sites is 1. The maximum absolute atomic E-state index is 12.1. The Kier molecular flexibility index (Phi) is 6.25. The first-order valence-electron chi connectivity index (χ1n) is 8.70. The Morgan fingerprint density at radius 1 is 1.04 bits per heavy atom. The number of rotatable bonds is 7. The van der Waals surface area contributed by atoms with Crippen LogP contribution in [-0.4, -0.2) is 19.2 Å². The number of hydrogen-bond acceptors (Lipinski definition) is 5. The quantitative estimate of drug-likeness (QED) is 0.375. The highest BCUT2D eigenvalue weighted by molar-refractivity contribution is 5.99. The topological polar surface area (TPSA) is 85.9 Å². The Morgan fingerprint density at radius 3 is 2.54 bits per heavy atom. The third kappa shape index (κ3) is 4.88. The average Bonchev–Trinajstić information content (AvgIpc) is 2.73. The molecule has 0 atom stereocenters. The van der Waals surface area contributed by atoms with Crippen LogP contribution in [-0.2, 0) is 6.61 Å². The molecular weight excluding hydrogens is 354 g/mol. The number of carbonyl (C=O) groups excluding carboxylic acids is 1. The molecule has 0 bridgehead atoms. The highest BCUT2D eigenvalue weighted by atomic mass is 16.5. The van der Waals surface area contributed by atoms with Gasteiger partial charge in [0.15, 0.2) is 11.5 Å². The molecule has 0 unspecified atom stereocenters. The normalized spacial score (nSPS) is 10.6. The molecule has 0 saturated carbocycles. The number of benzene rings is 3. The van der Waals surface area contributed by atoms with E-state index in [-0.39, 0.29) is 5.91 Å². The van der Waals surface area contributed by atoms with Crippen LogP contribution in [0.3, 0.4) is 0 Å². The maximum atomic E-state index is 12.1. The van der Waals surface area contributed by atoms with E-state index in [1.165, 1.54) is 6.21 Å². The smallest absolute Gasteiger partial charge is 0.273 e. The largest absolute Gasteiger partial charge is 0.493 e. The second-order valence-electron chi connectivity index (χ2n) is 5.97. The number of methoxy groups -OCH3 is 1. The van der Waals surface area contributed by atoms with E-state index in [0.717, 1.165) is 11.1 Å². The van der Waals surface area contributed by atoms with Crippen molar-refractivity contribution in [1.82, 2.24) is 5.43 Å². The van der Waals surface area contributed by atoms with Crippen LogP contribution in [0.2, 0.25) is 0 Å². The number of ether oxygens (including phenoxy) is 2. The molecule has 1 amide bonds. The Labute approximate surface area is 163 Å². The van der Waals surface area contributed by atoms with E-state index in [1.807, 2.05) is 36.4 Å². The minimum absolute atomic E-state index is 0.371. The lowest BCUT2D eigenvalue weighted by Crippen LogP contribution is -2.19. The number of nitrogens with zero attached hydrogens (tertiary/aromatic N) is 1. The second kappa shape index (κ2) is 9.23. The standard InChI is InChI=1S/C22H21N3O3/c1-27-21-13-17(11-12-20(21)28-15-16-7-3-2-4-8-16)14-24-25-22(26)18-9-5-6-10-19(18)23/h2-14H,15,23H2,1H3,(H,25,26)/b24-14+. The van der Waals surface area contributed by atoms with Crippen LogP contribution in [0.4, 0.5) is 5.69 Å². The van der Waals surface area contributed by atoms with E-state index >= 15 is 0 Å². The predicted molar refractivity (Wildman–Crippen MR) is 110 cm³/mol. The zero-order valence-electron chi connectivity index (χ0n) is 15.5. The average molecular weight is 375 g/mol. The van der Waals surface area contributed by atoms with Gasteiger partial charge in [0, 0.05) is 5.69 Å². The van der Waals surface area contributed by atoms with Gasteiger partial charge < -0.3 is 15.2 Å². The van der Waals surface area contributed by atoms with Gasteiger partial charge in [0.2, 0.25) is 0 Å². The summed E-state index contributed by atoms with van der Waals surface area (Å²) in [5.74, 6) is 0.840. The van der Waals surface area contributed by atoms with Gasteiger partial charge in [-0.15, -0.1) is 0 Å². The molecule has 3 rings (SSSR count). The van der Waals surface area contributed by atoms with E-state index in [1.54, 1.807) is 43.5 Å². The zero-order valence-corrected chi connectivity index (χ0v) is 15.5. The highest BCUT2D eigenvalue weighted by Crippen LogP contribution is 2.28. The second-order valence-corrected chi connectivity index (χ2v) is 5.97. The van der Waals surface area contributed by atoms with Crippen molar-refractivity contribution in [1.29, 1.82) is 0 Å². The summed E-state index contributed by atoms with van der Waals surface area (Å²) in [6, 6.07) is 22.1. The Balaban J connectivity index is 1.63. The van der Waals surface area contributed by atoms with Crippen LogP contribution < -0.4 is 20.6 Å². The number of amides is 1. The molecule has 3 aromatic rings. The molecule has 6 heteroatoms. The van der Waals surface area contributed by atoms with Crippen molar-refractivity contribution < 1.29 is 14.3 Å². The summed E-state index contributed by atoms with van der Waals surface area (Å²) in [6.45, 7) is 0.444. The fraction of sp³-hybridized carbons (Fsp3) is 0.0909. The van der Waals surface area contributed by atoms with Crippen molar-refractivity contribution in [3.63, 3.8) is 0 Å². The van der Waals surface area contributed by atoms with Crippen LogP contribution >= 0.6 is 0 Å². The van der Waals surface area contributed by atoms with Gasteiger partial charge in [-0.3, -0.25) is 4.79 Å². The molecule has 28 heavy (non-hydrogen) atoms. The number of carbonyl (C=O) groups is 1. The molecular formula is C22H21N3O3. The number of hydrazone groups is 1. The number of nitrogen functional groups attached to an aromatic ring is 1. The van der Waals surface area contributed by atoms with Crippen LogP contribution in [0.5, 0.6) is 11.5 Å². The molecule has 3 N–H and O–H groups in total. The predicted octanol–water partition coefficient (Wildman–Crippen LogP) is 3.62. The Bertz CT molecular complexity index is 972. The summed E-state index contributed by atoms with van der Waals surface area (Å²) in [6.07, 6.45) is 1.53. The fourth-order valence-electron chi connectivity index (χ4n) is 2.55. The molecule has 6 nitrogen and oxygen atoms in total. The third-order valence-electron chi connectivity index (χ3n) is 4.01. The summed E-state index contributed by atoms with van der Waals surface area (Å²) in [5.41, 5.74) is 10.9. The summed E-state index contributed by atoms with van der Waals surface area (Å²) in [5, 5.41) is 3.98. The van der Waals surface area contributed by atoms with Gasteiger partial charge in [-0.05, 0) is 41.5 Å². The number of nitrogens with two attached hydrogens (primary N) is 1. The monoisotopic (exact) mass is 375 g/mol. The number of anilines is 1. The van der Waals surface area contributed by atoms with Crippen LogP contribution in [0.15, 0.2) is 77.9 Å². The van der Waals surface area contributed by atoms with Crippen molar-refractivity contribution in [2.24, 2.45) is 5.10 Å².